The number of rotatable bonds is 20. The van der Waals surface area contributed by atoms with E-state index in [0.29, 0.717) is 6.61 Å². The summed E-state index contributed by atoms with van der Waals surface area (Å²) in [4.78, 5) is 2.15. The van der Waals surface area contributed by atoms with Gasteiger partial charge in [0, 0.05) is 6.54 Å². The van der Waals surface area contributed by atoms with Crippen molar-refractivity contribution in [3.05, 3.63) is 162 Å². The zero-order chi connectivity index (χ0) is 34.9. The molecule has 0 N–H and O–H groups in total. The monoisotopic (exact) mass is 683 g/mol. The maximum atomic E-state index is 6.03. The summed E-state index contributed by atoms with van der Waals surface area (Å²) in [5, 5.41) is 3.12. The molecular weight excluding hydrogens is 625 g/mol. The molecule has 3 heteroatoms. The number of nitrogens with zero attached hydrogens (tertiary/aromatic N) is 1. The third-order valence-corrected chi connectivity index (χ3v) is 14.7. The van der Waals surface area contributed by atoms with E-state index in [0.717, 1.165) is 18.7 Å². The van der Waals surface area contributed by atoms with Crippen LogP contribution in [0, 0.1) is 0 Å². The number of benzene rings is 5. The van der Waals surface area contributed by atoms with Crippen molar-refractivity contribution in [3.8, 4) is 5.75 Å². The minimum atomic E-state index is -1.71. The van der Waals surface area contributed by atoms with E-state index in [4.69, 9.17) is 4.74 Å². The van der Waals surface area contributed by atoms with Crippen molar-refractivity contribution in [1.82, 2.24) is 4.90 Å². The topological polar surface area (TPSA) is 12.5 Å². The molecule has 0 aliphatic heterocycles. The molecule has 262 valence electrons. The first-order valence-corrected chi connectivity index (χ1v) is 21.6. The van der Waals surface area contributed by atoms with Crippen molar-refractivity contribution in [2.24, 2.45) is 0 Å². The molecule has 5 aromatic carbocycles. The molecule has 0 radical (unpaired) electrons. The fraction of sp³-hybridized carbons (Fsp3) is 0.319. The van der Waals surface area contributed by atoms with Gasteiger partial charge in [-0.15, -0.1) is 0 Å². The van der Waals surface area contributed by atoms with Gasteiger partial charge in [0.05, 0.1) is 0 Å². The van der Waals surface area contributed by atoms with Gasteiger partial charge in [-0.25, -0.2) is 0 Å². The third-order valence-electron chi connectivity index (χ3n) is 10.1. The van der Waals surface area contributed by atoms with Crippen LogP contribution in [0.1, 0.15) is 74.5 Å². The van der Waals surface area contributed by atoms with Crippen LogP contribution >= 0.6 is 7.26 Å². The van der Waals surface area contributed by atoms with Crippen molar-refractivity contribution < 1.29 is 4.74 Å². The van der Waals surface area contributed by atoms with Gasteiger partial charge >= 0.3 is 166 Å². The van der Waals surface area contributed by atoms with E-state index in [1.807, 2.05) is 0 Å². The van der Waals surface area contributed by atoms with Crippen LogP contribution in [0.25, 0.3) is 11.1 Å². The van der Waals surface area contributed by atoms with Crippen molar-refractivity contribution >= 4 is 29.0 Å². The van der Waals surface area contributed by atoms with Gasteiger partial charge in [-0.3, -0.25) is 0 Å². The van der Waals surface area contributed by atoms with Gasteiger partial charge in [0.15, 0.2) is 0 Å². The maximum absolute atomic E-state index is 6.03. The molecule has 2 nitrogen and oxygen atoms in total. The van der Waals surface area contributed by atoms with Crippen LogP contribution in [0.3, 0.4) is 0 Å². The van der Waals surface area contributed by atoms with Gasteiger partial charge in [-0.1, -0.05) is 72.8 Å². The first kappa shape index (κ1) is 37.3. The van der Waals surface area contributed by atoms with E-state index in [1.54, 1.807) is 10.6 Å². The Hall–Kier alpha value is -3.97. The molecule has 0 saturated heterocycles. The quantitative estimate of drug-likeness (QED) is 0.0460. The van der Waals surface area contributed by atoms with E-state index in [2.05, 4.69) is 171 Å². The molecule has 0 fully saturated rings. The molecule has 0 amide bonds. The van der Waals surface area contributed by atoms with Crippen LogP contribution in [0.4, 0.5) is 0 Å². The molecular formula is C47H58NOP. The summed E-state index contributed by atoms with van der Waals surface area (Å²) in [5.74, 6) is 0.924. The van der Waals surface area contributed by atoms with E-state index in [9.17, 15) is 0 Å². The van der Waals surface area contributed by atoms with Gasteiger partial charge in [0.1, 0.15) is 12.4 Å². The second-order valence-electron chi connectivity index (χ2n) is 14.2. The normalized spacial score (nSPS) is 12.5. The summed E-state index contributed by atoms with van der Waals surface area (Å²) >= 11 is 0. The van der Waals surface area contributed by atoms with Crippen LogP contribution in [0.5, 0.6) is 5.75 Å². The molecule has 0 bridgehead atoms. The number of ether oxygens (including phenoxy) is 1. The molecule has 5 aromatic rings. The first-order valence-electron chi connectivity index (χ1n) is 18.9. The Morgan fingerprint density at radius 1 is 0.500 bits per heavy atom. The number of allylic oxidation sites excluding steroid dienone is 1. The summed E-state index contributed by atoms with van der Waals surface area (Å²) in [6.07, 6.45) is 12.8. The Kier molecular flexibility index (Phi) is 14.9. The third kappa shape index (κ3) is 11.0. The molecule has 0 saturated carbocycles. The summed E-state index contributed by atoms with van der Waals surface area (Å²) in [6.45, 7) is 4.15. The van der Waals surface area contributed by atoms with Crippen LogP contribution < -0.4 is 15.3 Å². The molecule has 0 atom stereocenters. The molecule has 5 rings (SSSR count). The van der Waals surface area contributed by atoms with Crippen molar-refractivity contribution in [3.63, 3.8) is 0 Å². The zero-order valence-electron chi connectivity index (χ0n) is 30.7. The zero-order valence-corrected chi connectivity index (χ0v) is 31.7. The first-order chi connectivity index (χ1) is 24.5. The standard InChI is InChI=1S/C47H58NOP/c1-48(2)37-38-49-43-35-33-42(34-36-43)47(41-26-16-11-17-27-41)46(40-24-14-10-15-25-40)32-22-8-6-4-5-7-9-23-39-50(3,44-28-18-12-19-29-44)45-30-20-13-21-31-45/h10-21,24-31,33-36,50H,4-9,22-23,32,37-39H2,1-3H3/b47-46-. The van der Waals surface area contributed by atoms with E-state index >= 15 is 0 Å². The number of likely N-dealkylation sites (N-methyl/N-ethyl adjacent to an activating group) is 1. The minimum absolute atomic E-state index is 0.687. The number of hydrogen-bond donors (Lipinski definition) is 0. The number of unbranched alkanes of at least 4 members (excludes halogenated alkanes) is 7. The molecule has 0 aromatic heterocycles. The molecule has 0 spiro atoms. The summed E-state index contributed by atoms with van der Waals surface area (Å²) in [5.41, 5.74) is 6.60. The number of hydrogen-bond acceptors (Lipinski definition) is 2. The second kappa shape index (κ2) is 20.0. The Morgan fingerprint density at radius 2 is 0.940 bits per heavy atom. The average molecular weight is 684 g/mol. The molecule has 0 heterocycles. The van der Waals surface area contributed by atoms with Crippen LogP contribution in [0.15, 0.2) is 146 Å². The van der Waals surface area contributed by atoms with Gasteiger partial charge in [0.2, 0.25) is 0 Å². The van der Waals surface area contributed by atoms with Gasteiger partial charge < -0.3 is 9.64 Å². The van der Waals surface area contributed by atoms with Crippen LogP contribution in [-0.2, 0) is 0 Å². The Bertz CT molecular complexity index is 1640. The van der Waals surface area contributed by atoms with E-state index < -0.39 is 7.26 Å². The average Bonchev–Trinajstić information content (AvgIpc) is 3.16. The van der Waals surface area contributed by atoms with Crippen LogP contribution in [-0.4, -0.2) is 45.0 Å². The van der Waals surface area contributed by atoms with Crippen molar-refractivity contribution in [2.75, 3.05) is 40.1 Å². The van der Waals surface area contributed by atoms with Crippen molar-refractivity contribution in [1.29, 1.82) is 0 Å². The summed E-state index contributed by atoms with van der Waals surface area (Å²) < 4.78 is 6.03. The Morgan fingerprint density at radius 3 is 1.46 bits per heavy atom. The minimum Gasteiger partial charge on any atom is -0.0622 e. The summed E-state index contributed by atoms with van der Waals surface area (Å²) in [7, 11) is 2.44. The Labute approximate surface area is 303 Å². The molecule has 0 unspecified atom stereocenters. The Balaban J connectivity index is 1.16. The SMILES string of the molecule is CN(C)CCOc1ccc(/C(=C(/CCCCCCCCCC[PH](C)(c2ccccc2)c2ccccc2)c2ccccc2)c2ccccc2)cc1. The smallest absolute Gasteiger partial charge is 0.0622 e. The van der Waals surface area contributed by atoms with Gasteiger partial charge in [-0.05, 0) is 37.4 Å². The van der Waals surface area contributed by atoms with Crippen molar-refractivity contribution in [2.45, 2.75) is 57.8 Å². The van der Waals surface area contributed by atoms with E-state index in [-0.39, 0.29) is 0 Å². The fourth-order valence-electron chi connectivity index (χ4n) is 7.15. The predicted octanol–water partition coefficient (Wildman–Crippen LogP) is 11.1. The van der Waals surface area contributed by atoms with Gasteiger partial charge in [-0.2, -0.15) is 0 Å². The van der Waals surface area contributed by atoms with E-state index in [1.165, 1.54) is 85.4 Å². The molecule has 50 heavy (non-hydrogen) atoms. The second-order valence-corrected chi connectivity index (χ2v) is 18.5. The fourth-order valence-corrected chi connectivity index (χ4v) is 10.9. The predicted molar refractivity (Wildman–Crippen MR) is 222 cm³/mol. The molecule has 0 aliphatic rings. The summed E-state index contributed by atoms with van der Waals surface area (Å²) in [6, 6.07) is 53.3. The molecule has 0 aliphatic carbocycles. The van der Waals surface area contributed by atoms with Crippen LogP contribution in [0.2, 0.25) is 0 Å². The van der Waals surface area contributed by atoms with Gasteiger partial charge in [0.25, 0.3) is 0 Å².